The van der Waals surface area contributed by atoms with Gasteiger partial charge in [0.15, 0.2) is 0 Å². The van der Waals surface area contributed by atoms with E-state index >= 15 is 0 Å². The van der Waals surface area contributed by atoms with Gasteiger partial charge in [-0.05, 0) is 42.0 Å². The van der Waals surface area contributed by atoms with Crippen molar-refractivity contribution in [2.45, 2.75) is 19.3 Å². The topological polar surface area (TPSA) is 29.1 Å². The zero-order valence-corrected chi connectivity index (χ0v) is 13.5. The van der Waals surface area contributed by atoms with Gasteiger partial charge in [0.1, 0.15) is 0 Å². The summed E-state index contributed by atoms with van der Waals surface area (Å²) < 4.78 is 0. The summed E-state index contributed by atoms with van der Waals surface area (Å²) in [5.74, 6) is -0.109. The fourth-order valence-corrected chi connectivity index (χ4v) is 2.33. The molecular formula is C17H17Cl2NO. The number of benzene rings is 2. The molecule has 0 atom stereocenters. The molecule has 0 fully saturated rings. The van der Waals surface area contributed by atoms with E-state index in [0.717, 1.165) is 5.56 Å². The minimum Gasteiger partial charge on any atom is -0.351 e. The molecule has 2 nitrogen and oxygen atoms in total. The van der Waals surface area contributed by atoms with Crippen molar-refractivity contribution in [1.29, 1.82) is 0 Å². The van der Waals surface area contributed by atoms with Crippen LogP contribution in [0.3, 0.4) is 0 Å². The quantitative estimate of drug-likeness (QED) is 0.868. The molecule has 0 aliphatic rings. The molecule has 110 valence electrons. The fraction of sp³-hybridized carbons (Fsp3) is 0.235. The Morgan fingerprint density at radius 3 is 2.33 bits per heavy atom. The molecule has 2 aromatic carbocycles. The van der Waals surface area contributed by atoms with Crippen LogP contribution in [0.15, 0.2) is 48.5 Å². The van der Waals surface area contributed by atoms with Gasteiger partial charge < -0.3 is 5.32 Å². The second-order valence-electron chi connectivity index (χ2n) is 5.58. The molecule has 21 heavy (non-hydrogen) atoms. The SMILES string of the molecule is CC(C)(CNC(=O)c1ccc(Cl)cc1)c1cccc(Cl)c1. The predicted molar refractivity (Wildman–Crippen MR) is 88.3 cm³/mol. The van der Waals surface area contributed by atoms with Crippen LogP contribution in [0.4, 0.5) is 0 Å². The predicted octanol–water partition coefficient (Wildman–Crippen LogP) is 4.70. The second kappa shape index (κ2) is 6.50. The van der Waals surface area contributed by atoms with Gasteiger partial charge in [-0.15, -0.1) is 0 Å². The van der Waals surface area contributed by atoms with Crippen molar-refractivity contribution in [2.75, 3.05) is 6.54 Å². The maximum absolute atomic E-state index is 12.1. The van der Waals surface area contributed by atoms with Crippen molar-refractivity contribution in [3.05, 3.63) is 69.7 Å². The molecule has 0 heterocycles. The first-order valence-corrected chi connectivity index (χ1v) is 7.44. The molecule has 0 aliphatic heterocycles. The summed E-state index contributed by atoms with van der Waals surface area (Å²) in [6, 6.07) is 14.5. The van der Waals surface area contributed by atoms with E-state index in [1.807, 2.05) is 24.3 Å². The van der Waals surface area contributed by atoms with Crippen molar-refractivity contribution in [1.82, 2.24) is 5.32 Å². The fourth-order valence-electron chi connectivity index (χ4n) is 2.02. The molecule has 0 radical (unpaired) electrons. The van der Waals surface area contributed by atoms with E-state index in [1.165, 1.54) is 0 Å². The van der Waals surface area contributed by atoms with Gasteiger partial charge in [0, 0.05) is 27.6 Å². The van der Waals surface area contributed by atoms with Crippen LogP contribution in [0.25, 0.3) is 0 Å². The summed E-state index contributed by atoms with van der Waals surface area (Å²) in [6.07, 6.45) is 0. The van der Waals surface area contributed by atoms with E-state index in [0.29, 0.717) is 22.2 Å². The highest BCUT2D eigenvalue weighted by Gasteiger charge is 2.22. The second-order valence-corrected chi connectivity index (χ2v) is 6.46. The van der Waals surface area contributed by atoms with Gasteiger partial charge >= 0.3 is 0 Å². The highest BCUT2D eigenvalue weighted by molar-refractivity contribution is 6.30. The minimum absolute atomic E-state index is 0.109. The Balaban J connectivity index is 2.04. The van der Waals surface area contributed by atoms with Crippen LogP contribution < -0.4 is 5.32 Å². The molecule has 0 saturated carbocycles. The summed E-state index contributed by atoms with van der Waals surface area (Å²) in [7, 11) is 0. The molecule has 0 aliphatic carbocycles. The molecule has 4 heteroatoms. The van der Waals surface area contributed by atoms with Gasteiger partial charge in [0.2, 0.25) is 0 Å². The van der Waals surface area contributed by atoms with Crippen molar-refractivity contribution < 1.29 is 4.79 Å². The van der Waals surface area contributed by atoms with E-state index in [9.17, 15) is 4.79 Å². The molecule has 2 rings (SSSR count). The Kier molecular flexibility index (Phi) is 4.92. The average molecular weight is 322 g/mol. The number of halogens is 2. The Morgan fingerprint density at radius 1 is 1.05 bits per heavy atom. The Labute approximate surface area is 135 Å². The molecule has 2 aromatic rings. The van der Waals surface area contributed by atoms with Crippen molar-refractivity contribution in [3.63, 3.8) is 0 Å². The van der Waals surface area contributed by atoms with Gasteiger partial charge in [-0.3, -0.25) is 4.79 Å². The summed E-state index contributed by atoms with van der Waals surface area (Å²) in [6.45, 7) is 4.66. The lowest BCUT2D eigenvalue weighted by molar-refractivity contribution is 0.0945. The first-order valence-electron chi connectivity index (χ1n) is 6.68. The number of amides is 1. The summed E-state index contributed by atoms with van der Waals surface area (Å²) in [5.41, 5.74) is 1.49. The van der Waals surface area contributed by atoms with E-state index in [-0.39, 0.29) is 11.3 Å². The third kappa shape index (κ3) is 4.23. The lowest BCUT2D eigenvalue weighted by atomic mass is 9.84. The van der Waals surface area contributed by atoms with E-state index in [4.69, 9.17) is 23.2 Å². The number of hydrogen-bond donors (Lipinski definition) is 1. The number of nitrogens with one attached hydrogen (secondary N) is 1. The van der Waals surface area contributed by atoms with Crippen molar-refractivity contribution in [3.8, 4) is 0 Å². The number of carbonyl (C=O) groups excluding carboxylic acids is 1. The number of carbonyl (C=O) groups is 1. The van der Waals surface area contributed by atoms with Gasteiger partial charge in [-0.2, -0.15) is 0 Å². The Hall–Kier alpha value is -1.51. The molecule has 0 saturated heterocycles. The molecule has 0 unspecified atom stereocenters. The van der Waals surface area contributed by atoms with Crippen LogP contribution in [0.2, 0.25) is 10.0 Å². The van der Waals surface area contributed by atoms with Crippen LogP contribution in [-0.4, -0.2) is 12.5 Å². The third-order valence-electron chi connectivity index (χ3n) is 3.40. The molecule has 0 spiro atoms. The van der Waals surface area contributed by atoms with Gasteiger partial charge in [-0.25, -0.2) is 0 Å². The van der Waals surface area contributed by atoms with Crippen molar-refractivity contribution in [2.24, 2.45) is 0 Å². The maximum Gasteiger partial charge on any atom is 0.251 e. The van der Waals surface area contributed by atoms with E-state index in [2.05, 4.69) is 19.2 Å². The van der Waals surface area contributed by atoms with Crippen LogP contribution in [-0.2, 0) is 5.41 Å². The van der Waals surface area contributed by atoms with E-state index < -0.39 is 0 Å². The van der Waals surface area contributed by atoms with Crippen LogP contribution in [0.5, 0.6) is 0 Å². The monoisotopic (exact) mass is 321 g/mol. The summed E-state index contributed by atoms with van der Waals surface area (Å²) in [4.78, 5) is 12.1. The summed E-state index contributed by atoms with van der Waals surface area (Å²) in [5, 5.41) is 4.27. The highest BCUT2D eigenvalue weighted by atomic mass is 35.5. The molecule has 1 N–H and O–H groups in total. The zero-order valence-electron chi connectivity index (χ0n) is 12.0. The van der Waals surface area contributed by atoms with Crippen molar-refractivity contribution >= 4 is 29.1 Å². The standard InChI is InChI=1S/C17H17Cl2NO/c1-17(2,13-4-3-5-15(19)10-13)11-20-16(21)12-6-8-14(18)9-7-12/h3-10H,11H2,1-2H3,(H,20,21). The maximum atomic E-state index is 12.1. The zero-order chi connectivity index (χ0) is 15.5. The largest absolute Gasteiger partial charge is 0.351 e. The van der Waals surface area contributed by atoms with Gasteiger partial charge in [-0.1, -0.05) is 49.2 Å². The lowest BCUT2D eigenvalue weighted by Crippen LogP contribution is -2.36. The first kappa shape index (κ1) is 15.9. The molecule has 0 aromatic heterocycles. The molecular weight excluding hydrogens is 305 g/mol. The van der Waals surface area contributed by atoms with E-state index in [1.54, 1.807) is 24.3 Å². The summed E-state index contributed by atoms with van der Waals surface area (Å²) >= 11 is 11.8. The van der Waals surface area contributed by atoms with Crippen LogP contribution >= 0.6 is 23.2 Å². The Bertz CT molecular complexity index is 635. The molecule has 1 amide bonds. The molecule has 0 bridgehead atoms. The normalized spacial score (nSPS) is 11.2. The smallest absolute Gasteiger partial charge is 0.251 e. The third-order valence-corrected chi connectivity index (χ3v) is 3.89. The minimum atomic E-state index is -0.201. The number of hydrogen-bond acceptors (Lipinski definition) is 1. The van der Waals surface area contributed by atoms with Crippen LogP contribution in [0, 0.1) is 0 Å². The first-order chi connectivity index (χ1) is 9.88. The highest BCUT2D eigenvalue weighted by Crippen LogP contribution is 2.25. The number of rotatable bonds is 4. The van der Waals surface area contributed by atoms with Gasteiger partial charge in [0.25, 0.3) is 5.91 Å². The lowest BCUT2D eigenvalue weighted by Gasteiger charge is -2.26. The van der Waals surface area contributed by atoms with Gasteiger partial charge in [0.05, 0.1) is 0 Å². The average Bonchev–Trinajstić information content (AvgIpc) is 2.45. The van der Waals surface area contributed by atoms with Crippen LogP contribution in [0.1, 0.15) is 29.8 Å². The Morgan fingerprint density at radius 2 is 1.71 bits per heavy atom.